The molecule has 0 aliphatic heterocycles. The molecular formula is C13H15N3O. The van der Waals surface area contributed by atoms with Gasteiger partial charge in [0.05, 0.1) is 24.2 Å². The summed E-state index contributed by atoms with van der Waals surface area (Å²) in [7, 11) is 1.65. The number of anilines is 2. The Morgan fingerprint density at radius 1 is 1.12 bits per heavy atom. The van der Waals surface area contributed by atoms with Crippen LogP contribution in [0.2, 0.25) is 0 Å². The van der Waals surface area contributed by atoms with Gasteiger partial charge in [0.25, 0.3) is 0 Å². The molecule has 0 aliphatic rings. The van der Waals surface area contributed by atoms with Crippen LogP contribution in [0.15, 0.2) is 36.5 Å². The SMILES string of the molecule is COc1ccc(Cc2nccc(N)c2N)cc1. The summed E-state index contributed by atoms with van der Waals surface area (Å²) in [6.07, 6.45) is 2.34. The smallest absolute Gasteiger partial charge is 0.118 e. The van der Waals surface area contributed by atoms with Gasteiger partial charge in [-0.15, -0.1) is 0 Å². The first-order chi connectivity index (χ1) is 8.20. The van der Waals surface area contributed by atoms with Crippen LogP contribution < -0.4 is 16.2 Å². The van der Waals surface area contributed by atoms with Crippen LogP contribution in [0.3, 0.4) is 0 Å². The van der Waals surface area contributed by atoms with E-state index in [0.717, 1.165) is 17.0 Å². The number of ether oxygens (including phenoxy) is 1. The number of nitrogens with two attached hydrogens (primary N) is 2. The number of nitrogen functional groups attached to an aromatic ring is 2. The minimum Gasteiger partial charge on any atom is -0.497 e. The first kappa shape index (κ1) is 11.3. The van der Waals surface area contributed by atoms with Crippen molar-refractivity contribution in [2.45, 2.75) is 6.42 Å². The number of methoxy groups -OCH3 is 1. The summed E-state index contributed by atoms with van der Waals surface area (Å²) >= 11 is 0. The first-order valence-electron chi connectivity index (χ1n) is 5.32. The van der Waals surface area contributed by atoms with E-state index in [4.69, 9.17) is 16.2 Å². The number of benzene rings is 1. The van der Waals surface area contributed by atoms with E-state index in [1.165, 1.54) is 0 Å². The van der Waals surface area contributed by atoms with Gasteiger partial charge >= 0.3 is 0 Å². The van der Waals surface area contributed by atoms with Crippen molar-refractivity contribution >= 4 is 11.4 Å². The van der Waals surface area contributed by atoms with E-state index >= 15 is 0 Å². The summed E-state index contributed by atoms with van der Waals surface area (Å²) in [5.41, 5.74) is 14.7. The van der Waals surface area contributed by atoms with Gasteiger partial charge in [-0.25, -0.2) is 0 Å². The Morgan fingerprint density at radius 3 is 2.47 bits per heavy atom. The first-order valence-corrected chi connectivity index (χ1v) is 5.32. The van der Waals surface area contributed by atoms with Crippen LogP contribution in [0.4, 0.5) is 11.4 Å². The number of pyridine rings is 1. The monoisotopic (exact) mass is 229 g/mol. The molecule has 0 atom stereocenters. The van der Waals surface area contributed by atoms with Crippen LogP contribution in [0, 0.1) is 0 Å². The van der Waals surface area contributed by atoms with E-state index in [2.05, 4.69) is 4.98 Å². The van der Waals surface area contributed by atoms with Crippen molar-refractivity contribution in [3.63, 3.8) is 0 Å². The predicted octanol–water partition coefficient (Wildman–Crippen LogP) is 1.85. The predicted molar refractivity (Wildman–Crippen MR) is 68.9 cm³/mol. The quantitative estimate of drug-likeness (QED) is 0.842. The highest BCUT2D eigenvalue weighted by Crippen LogP contribution is 2.21. The van der Waals surface area contributed by atoms with Crippen molar-refractivity contribution in [1.82, 2.24) is 4.98 Å². The Labute approximate surface area is 100 Å². The fraction of sp³-hybridized carbons (Fsp3) is 0.154. The second-order valence-corrected chi connectivity index (χ2v) is 3.79. The lowest BCUT2D eigenvalue weighted by Crippen LogP contribution is -2.02. The lowest BCUT2D eigenvalue weighted by atomic mass is 10.1. The normalized spacial score (nSPS) is 10.2. The molecule has 1 aromatic carbocycles. The molecule has 0 radical (unpaired) electrons. The number of aromatic nitrogens is 1. The molecule has 0 saturated carbocycles. The minimum absolute atomic E-state index is 0.559. The van der Waals surface area contributed by atoms with Gasteiger partial charge in [0.15, 0.2) is 0 Å². The number of hydrogen-bond donors (Lipinski definition) is 2. The molecule has 2 rings (SSSR count). The fourth-order valence-electron chi connectivity index (χ4n) is 1.61. The number of nitrogens with zero attached hydrogens (tertiary/aromatic N) is 1. The van der Waals surface area contributed by atoms with E-state index in [1.54, 1.807) is 19.4 Å². The third-order valence-electron chi connectivity index (χ3n) is 2.64. The Hall–Kier alpha value is -2.23. The zero-order valence-corrected chi connectivity index (χ0v) is 9.68. The maximum Gasteiger partial charge on any atom is 0.118 e. The topological polar surface area (TPSA) is 74.2 Å². The van der Waals surface area contributed by atoms with Crippen LogP contribution >= 0.6 is 0 Å². The van der Waals surface area contributed by atoms with E-state index < -0.39 is 0 Å². The van der Waals surface area contributed by atoms with Gasteiger partial charge in [-0.3, -0.25) is 4.98 Å². The maximum absolute atomic E-state index is 5.87. The lowest BCUT2D eigenvalue weighted by Gasteiger charge is -2.07. The van der Waals surface area contributed by atoms with Crippen LogP contribution in [0.25, 0.3) is 0 Å². The van der Waals surface area contributed by atoms with E-state index in [1.807, 2.05) is 24.3 Å². The van der Waals surface area contributed by atoms with Crippen LogP contribution in [0.1, 0.15) is 11.3 Å². The van der Waals surface area contributed by atoms with Crippen molar-refractivity contribution in [2.24, 2.45) is 0 Å². The average molecular weight is 229 g/mol. The summed E-state index contributed by atoms with van der Waals surface area (Å²) < 4.78 is 5.10. The fourth-order valence-corrected chi connectivity index (χ4v) is 1.61. The zero-order valence-electron chi connectivity index (χ0n) is 9.68. The van der Waals surface area contributed by atoms with E-state index in [-0.39, 0.29) is 0 Å². The molecule has 0 bridgehead atoms. The third-order valence-corrected chi connectivity index (χ3v) is 2.64. The van der Waals surface area contributed by atoms with Crippen LogP contribution in [-0.4, -0.2) is 12.1 Å². The molecule has 0 fully saturated rings. The minimum atomic E-state index is 0.559. The van der Waals surface area contributed by atoms with Crippen LogP contribution in [-0.2, 0) is 6.42 Å². The highest BCUT2D eigenvalue weighted by molar-refractivity contribution is 5.65. The molecule has 0 amide bonds. The van der Waals surface area contributed by atoms with Crippen molar-refractivity contribution in [3.8, 4) is 5.75 Å². The van der Waals surface area contributed by atoms with Gasteiger partial charge in [-0.05, 0) is 23.8 Å². The number of hydrogen-bond acceptors (Lipinski definition) is 4. The van der Waals surface area contributed by atoms with Gasteiger partial charge < -0.3 is 16.2 Å². The summed E-state index contributed by atoms with van der Waals surface area (Å²) in [6, 6.07) is 9.51. The van der Waals surface area contributed by atoms with Crippen molar-refractivity contribution in [3.05, 3.63) is 47.8 Å². The molecule has 4 N–H and O–H groups in total. The van der Waals surface area contributed by atoms with Crippen molar-refractivity contribution < 1.29 is 4.74 Å². The van der Waals surface area contributed by atoms with Gasteiger partial charge in [0.2, 0.25) is 0 Å². The lowest BCUT2D eigenvalue weighted by molar-refractivity contribution is 0.414. The summed E-state index contributed by atoms with van der Waals surface area (Å²) in [5, 5.41) is 0. The summed E-state index contributed by atoms with van der Waals surface area (Å²) in [4.78, 5) is 4.24. The Bertz CT molecular complexity index is 509. The van der Waals surface area contributed by atoms with E-state index in [0.29, 0.717) is 17.8 Å². The second-order valence-electron chi connectivity index (χ2n) is 3.79. The average Bonchev–Trinajstić information content (AvgIpc) is 2.36. The van der Waals surface area contributed by atoms with E-state index in [9.17, 15) is 0 Å². The molecule has 0 spiro atoms. The molecule has 88 valence electrons. The van der Waals surface area contributed by atoms with Gasteiger partial charge in [-0.2, -0.15) is 0 Å². The second kappa shape index (κ2) is 4.74. The summed E-state index contributed by atoms with van der Waals surface area (Å²) in [5.74, 6) is 0.835. The van der Waals surface area contributed by atoms with Crippen LogP contribution in [0.5, 0.6) is 5.75 Å². The number of rotatable bonds is 3. The largest absolute Gasteiger partial charge is 0.497 e. The Morgan fingerprint density at radius 2 is 1.82 bits per heavy atom. The Balaban J connectivity index is 2.22. The van der Waals surface area contributed by atoms with Gasteiger partial charge in [-0.1, -0.05) is 12.1 Å². The maximum atomic E-state index is 5.87. The van der Waals surface area contributed by atoms with Gasteiger partial charge in [0.1, 0.15) is 5.75 Å². The molecule has 0 aliphatic carbocycles. The molecule has 0 saturated heterocycles. The molecule has 4 heteroatoms. The molecule has 1 aromatic heterocycles. The van der Waals surface area contributed by atoms with Crippen molar-refractivity contribution in [2.75, 3.05) is 18.6 Å². The van der Waals surface area contributed by atoms with Crippen molar-refractivity contribution in [1.29, 1.82) is 0 Å². The molecule has 17 heavy (non-hydrogen) atoms. The highest BCUT2D eigenvalue weighted by atomic mass is 16.5. The highest BCUT2D eigenvalue weighted by Gasteiger charge is 2.05. The molecule has 0 unspecified atom stereocenters. The Kier molecular flexibility index (Phi) is 3.14. The third kappa shape index (κ3) is 2.47. The zero-order chi connectivity index (χ0) is 12.3. The molecule has 1 heterocycles. The molecule has 4 nitrogen and oxygen atoms in total. The molecule has 2 aromatic rings. The molecular weight excluding hydrogens is 214 g/mol. The summed E-state index contributed by atoms with van der Waals surface area (Å²) in [6.45, 7) is 0. The standard InChI is InChI=1S/C13H15N3O/c1-17-10-4-2-9(3-5-10)8-12-13(15)11(14)6-7-16-12/h2-7H,8,15H2,1H3,(H2,14,16). The van der Waals surface area contributed by atoms with Gasteiger partial charge in [0, 0.05) is 12.6 Å².